The summed E-state index contributed by atoms with van der Waals surface area (Å²) in [6.07, 6.45) is 15.8. The van der Waals surface area contributed by atoms with Gasteiger partial charge in [0.2, 0.25) is 0 Å². The molecule has 0 aliphatic heterocycles. The van der Waals surface area contributed by atoms with Crippen LogP contribution >= 0.6 is 0 Å². The summed E-state index contributed by atoms with van der Waals surface area (Å²) in [5.74, 6) is -3.25. The first-order valence-electron chi connectivity index (χ1n) is 15.3. The normalized spacial score (nSPS) is 10.9. The van der Waals surface area contributed by atoms with Crippen molar-refractivity contribution < 1.29 is 34.1 Å². The minimum atomic E-state index is -1.35. The molecule has 0 saturated heterocycles. The van der Waals surface area contributed by atoms with E-state index >= 15 is 0 Å². The van der Waals surface area contributed by atoms with Crippen LogP contribution in [0.3, 0.4) is 0 Å². The van der Waals surface area contributed by atoms with E-state index in [9.17, 15) is 29.4 Å². The summed E-state index contributed by atoms with van der Waals surface area (Å²) in [4.78, 5) is 50.1. The highest BCUT2D eigenvalue weighted by atomic mass is 16.5. The van der Waals surface area contributed by atoms with Crippen LogP contribution in [0, 0.1) is 0 Å². The third-order valence-corrected chi connectivity index (χ3v) is 7.29. The molecule has 41 heavy (non-hydrogen) atoms. The van der Waals surface area contributed by atoms with Gasteiger partial charge in [0.05, 0.1) is 0 Å². The number of rotatable bonds is 21. The number of aromatic carboxylic acids is 1. The number of carbonyl (C=O) groups is 4. The molecule has 0 heterocycles. The fraction of sp³-hybridized carbons (Fsp3) is 0.529. The van der Waals surface area contributed by atoms with E-state index in [1.54, 1.807) is 0 Å². The van der Waals surface area contributed by atoms with E-state index in [-0.39, 0.29) is 45.3 Å². The van der Waals surface area contributed by atoms with Crippen molar-refractivity contribution in [2.45, 2.75) is 117 Å². The zero-order valence-corrected chi connectivity index (χ0v) is 24.7. The van der Waals surface area contributed by atoms with E-state index in [4.69, 9.17) is 4.74 Å². The number of aromatic hydroxyl groups is 1. The monoisotopic (exact) mass is 566 g/mol. The fourth-order valence-electron chi connectivity index (χ4n) is 4.76. The lowest BCUT2D eigenvalue weighted by atomic mass is 10.0. The van der Waals surface area contributed by atoms with Crippen molar-refractivity contribution in [1.82, 2.24) is 0 Å². The molecule has 0 saturated carbocycles. The topological polar surface area (TPSA) is 118 Å². The predicted molar refractivity (Wildman–Crippen MR) is 160 cm³/mol. The number of esters is 1. The van der Waals surface area contributed by atoms with Crippen molar-refractivity contribution in [2.24, 2.45) is 0 Å². The average molecular weight is 567 g/mol. The highest BCUT2D eigenvalue weighted by Gasteiger charge is 2.21. The Hall–Kier alpha value is -3.48. The second kappa shape index (κ2) is 18.8. The quantitative estimate of drug-likeness (QED) is 0.0670. The Morgan fingerprint density at radius 1 is 0.610 bits per heavy atom. The van der Waals surface area contributed by atoms with Crippen molar-refractivity contribution in [2.75, 3.05) is 0 Å². The maximum Gasteiger partial charge on any atom is 0.347 e. The van der Waals surface area contributed by atoms with Gasteiger partial charge >= 0.3 is 11.9 Å². The number of ketones is 2. The van der Waals surface area contributed by atoms with Crippen molar-refractivity contribution in [3.05, 3.63) is 58.7 Å². The summed E-state index contributed by atoms with van der Waals surface area (Å²) in [6, 6.07) is 7.94. The fourth-order valence-corrected chi connectivity index (χ4v) is 4.76. The summed E-state index contributed by atoms with van der Waals surface area (Å²) in [6.45, 7) is 4.32. The van der Waals surface area contributed by atoms with Gasteiger partial charge in [-0.1, -0.05) is 90.9 Å². The van der Waals surface area contributed by atoms with Crippen LogP contribution in [0.4, 0.5) is 0 Å². The Morgan fingerprint density at radius 2 is 1.05 bits per heavy atom. The largest absolute Gasteiger partial charge is 0.507 e. The zero-order valence-electron chi connectivity index (χ0n) is 24.7. The highest BCUT2D eigenvalue weighted by Crippen LogP contribution is 2.26. The Bertz CT molecular complexity index is 1150. The van der Waals surface area contributed by atoms with Gasteiger partial charge in [-0.05, 0) is 49.2 Å². The van der Waals surface area contributed by atoms with Crippen LogP contribution in [-0.2, 0) is 0 Å². The number of carbonyl (C=O) groups excluding carboxylic acids is 3. The lowest BCUT2D eigenvalue weighted by molar-refractivity contribution is 0.0680. The summed E-state index contributed by atoms with van der Waals surface area (Å²) < 4.78 is 5.33. The van der Waals surface area contributed by atoms with Crippen LogP contribution in [0.15, 0.2) is 36.4 Å². The van der Waals surface area contributed by atoms with Gasteiger partial charge in [0.1, 0.15) is 22.6 Å². The predicted octanol–water partition coefficient (Wildman–Crippen LogP) is 8.96. The molecule has 0 aliphatic carbocycles. The standard InChI is InChI=1S/C34H46O7/c1-3-5-7-9-10-11-12-14-16-18-29(35)25-19-21-31(37)27(23-25)34(40)41-32-22-20-26(24-28(32)33(38)39)30(36)17-15-13-8-6-4-2/h19-24,37H,3-18H2,1-2H3,(H,38,39). The third-order valence-electron chi connectivity index (χ3n) is 7.29. The molecule has 7 heteroatoms. The summed E-state index contributed by atoms with van der Waals surface area (Å²) >= 11 is 0. The first-order chi connectivity index (χ1) is 19.8. The molecule has 0 spiro atoms. The number of hydrogen-bond donors (Lipinski definition) is 2. The molecule has 224 valence electrons. The van der Waals surface area contributed by atoms with Gasteiger partial charge in [-0.2, -0.15) is 0 Å². The maximum atomic E-state index is 12.9. The molecule has 0 bridgehead atoms. The Morgan fingerprint density at radius 3 is 1.54 bits per heavy atom. The molecule has 0 atom stereocenters. The minimum absolute atomic E-state index is 0.134. The third kappa shape index (κ3) is 11.9. The molecule has 0 aliphatic rings. The molecule has 0 fully saturated rings. The molecule has 0 radical (unpaired) electrons. The molecule has 0 amide bonds. The first-order valence-corrected chi connectivity index (χ1v) is 15.3. The van der Waals surface area contributed by atoms with Crippen molar-refractivity contribution in [1.29, 1.82) is 0 Å². The van der Waals surface area contributed by atoms with E-state index in [1.165, 1.54) is 74.9 Å². The number of Topliss-reactive ketones (excluding diaryl/α,β-unsaturated/α-hetero) is 2. The van der Waals surface area contributed by atoms with Gasteiger partial charge in [0, 0.05) is 24.0 Å². The number of unbranched alkanes of at least 4 members (excludes halogenated alkanes) is 12. The maximum absolute atomic E-state index is 12.9. The van der Waals surface area contributed by atoms with Gasteiger partial charge < -0.3 is 14.9 Å². The first kappa shape index (κ1) is 33.7. The molecular formula is C34H46O7. The van der Waals surface area contributed by atoms with E-state index in [0.29, 0.717) is 12.8 Å². The van der Waals surface area contributed by atoms with Gasteiger partial charge in [0.25, 0.3) is 0 Å². The minimum Gasteiger partial charge on any atom is -0.507 e. The summed E-state index contributed by atoms with van der Waals surface area (Å²) in [5.41, 5.74) is -0.0314. The van der Waals surface area contributed by atoms with E-state index in [2.05, 4.69) is 13.8 Å². The molecule has 2 N–H and O–H groups in total. The van der Waals surface area contributed by atoms with Crippen LogP contribution < -0.4 is 4.74 Å². The SMILES string of the molecule is CCCCCCCCCCCC(=O)c1ccc(O)c(C(=O)Oc2ccc(C(=O)CCCCCCC)cc2C(=O)O)c1. The van der Waals surface area contributed by atoms with E-state index in [1.807, 2.05) is 0 Å². The van der Waals surface area contributed by atoms with Crippen LogP contribution in [0.1, 0.15) is 158 Å². The number of phenolic OH excluding ortho intramolecular Hbond substituents is 1. The molecule has 2 aromatic carbocycles. The molecular weight excluding hydrogens is 520 g/mol. The Labute approximate surface area is 244 Å². The van der Waals surface area contributed by atoms with Gasteiger partial charge in [-0.25, -0.2) is 9.59 Å². The zero-order chi connectivity index (χ0) is 30.0. The number of carboxylic acids is 1. The van der Waals surface area contributed by atoms with Crippen LogP contribution in [0.5, 0.6) is 11.5 Å². The summed E-state index contributed by atoms with van der Waals surface area (Å²) in [7, 11) is 0. The molecule has 2 aromatic rings. The summed E-state index contributed by atoms with van der Waals surface area (Å²) in [5, 5.41) is 20.0. The van der Waals surface area contributed by atoms with Crippen LogP contribution in [0.25, 0.3) is 0 Å². The van der Waals surface area contributed by atoms with E-state index < -0.39 is 11.9 Å². The Kier molecular flexibility index (Phi) is 15.5. The van der Waals surface area contributed by atoms with Gasteiger partial charge in [-0.15, -0.1) is 0 Å². The van der Waals surface area contributed by atoms with Crippen molar-refractivity contribution in [3.63, 3.8) is 0 Å². The van der Waals surface area contributed by atoms with Crippen molar-refractivity contribution >= 4 is 23.5 Å². The lowest BCUT2D eigenvalue weighted by Crippen LogP contribution is -2.13. The van der Waals surface area contributed by atoms with Crippen molar-refractivity contribution in [3.8, 4) is 11.5 Å². The Balaban J connectivity index is 1.98. The number of benzene rings is 2. The number of hydrogen-bond acceptors (Lipinski definition) is 6. The number of ether oxygens (including phenoxy) is 1. The molecule has 0 aromatic heterocycles. The number of carboxylic acid groups (broad SMARTS) is 1. The molecule has 7 nitrogen and oxygen atoms in total. The number of phenols is 1. The lowest BCUT2D eigenvalue weighted by Gasteiger charge is -2.11. The second-order valence-corrected chi connectivity index (χ2v) is 10.7. The van der Waals surface area contributed by atoms with Gasteiger partial charge in [0.15, 0.2) is 11.6 Å². The van der Waals surface area contributed by atoms with Crippen LogP contribution in [-0.4, -0.2) is 33.7 Å². The molecule has 2 rings (SSSR count). The van der Waals surface area contributed by atoms with E-state index in [0.717, 1.165) is 51.4 Å². The second-order valence-electron chi connectivity index (χ2n) is 10.7. The van der Waals surface area contributed by atoms with Gasteiger partial charge in [-0.3, -0.25) is 9.59 Å². The highest BCUT2D eigenvalue weighted by molar-refractivity contribution is 6.03. The van der Waals surface area contributed by atoms with Crippen LogP contribution in [0.2, 0.25) is 0 Å². The average Bonchev–Trinajstić information content (AvgIpc) is 2.96. The molecule has 0 unspecified atom stereocenters. The smallest absolute Gasteiger partial charge is 0.347 e.